The van der Waals surface area contributed by atoms with Gasteiger partial charge in [0.2, 0.25) is 11.2 Å². The first-order chi connectivity index (χ1) is 8.06. The fraction of sp³-hybridized carbons (Fsp3) is 0.0909. The van der Waals surface area contributed by atoms with Gasteiger partial charge in [0, 0.05) is 17.8 Å². The van der Waals surface area contributed by atoms with Crippen molar-refractivity contribution < 1.29 is 9.13 Å². The molecule has 3 nitrogen and oxygen atoms in total. The Bertz CT molecular complexity index is 516. The summed E-state index contributed by atoms with van der Waals surface area (Å²) in [6.45, 7) is 1.78. The number of hydrogen-bond acceptors (Lipinski definition) is 3. The first-order valence-corrected chi connectivity index (χ1v) is 5.85. The van der Waals surface area contributed by atoms with Gasteiger partial charge >= 0.3 is 0 Å². The second kappa shape index (κ2) is 4.98. The van der Waals surface area contributed by atoms with Crippen molar-refractivity contribution >= 4 is 27.5 Å². The molecular formula is C11H7BrClFN2O. The molecule has 0 fully saturated rings. The Morgan fingerprint density at radius 3 is 2.94 bits per heavy atom. The van der Waals surface area contributed by atoms with E-state index in [4.69, 9.17) is 16.3 Å². The molecule has 0 N–H and O–H groups in total. The molecule has 0 saturated carbocycles. The first-order valence-electron chi connectivity index (χ1n) is 4.68. The lowest BCUT2D eigenvalue weighted by molar-refractivity contribution is 0.450. The van der Waals surface area contributed by atoms with Crippen molar-refractivity contribution in [3.05, 3.63) is 45.5 Å². The van der Waals surface area contributed by atoms with Crippen LogP contribution in [0, 0.1) is 12.7 Å². The van der Waals surface area contributed by atoms with Crippen molar-refractivity contribution in [2.45, 2.75) is 6.92 Å². The fourth-order valence-corrected chi connectivity index (χ4v) is 1.62. The van der Waals surface area contributed by atoms with E-state index in [0.717, 1.165) is 0 Å². The summed E-state index contributed by atoms with van der Waals surface area (Å²) in [5.41, 5.74) is 0.713. The average Bonchev–Trinajstić information content (AvgIpc) is 2.28. The monoisotopic (exact) mass is 316 g/mol. The quantitative estimate of drug-likeness (QED) is 0.781. The van der Waals surface area contributed by atoms with Gasteiger partial charge in [-0.25, -0.2) is 9.37 Å². The van der Waals surface area contributed by atoms with E-state index in [1.54, 1.807) is 13.0 Å². The van der Waals surface area contributed by atoms with Crippen molar-refractivity contribution in [3.63, 3.8) is 0 Å². The standard InChI is InChI=1S/C11H7BrClFN2O/c1-6-5-15-11(13)16-10(6)17-9-4-7(14)2-3-8(9)12/h2-5H,1H3. The van der Waals surface area contributed by atoms with Crippen molar-refractivity contribution in [2.24, 2.45) is 0 Å². The minimum Gasteiger partial charge on any atom is -0.437 e. The Balaban J connectivity index is 2.37. The summed E-state index contributed by atoms with van der Waals surface area (Å²) >= 11 is 8.93. The number of nitrogens with zero attached hydrogens (tertiary/aromatic N) is 2. The summed E-state index contributed by atoms with van der Waals surface area (Å²) in [6.07, 6.45) is 1.54. The molecule has 0 aliphatic heterocycles. The molecule has 0 aliphatic carbocycles. The molecule has 0 amide bonds. The lowest BCUT2D eigenvalue weighted by atomic mass is 10.3. The summed E-state index contributed by atoms with van der Waals surface area (Å²) in [5, 5.41) is 0.0816. The van der Waals surface area contributed by atoms with Crippen LogP contribution < -0.4 is 4.74 Å². The summed E-state index contributed by atoms with van der Waals surface area (Å²) in [7, 11) is 0. The van der Waals surface area contributed by atoms with E-state index in [0.29, 0.717) is 21.7 Å². The van der Waals surface area contributed by atoms with Gasteiger partial charge in [-0.05, 0) is 46.6 Å². The topological polar surface area (TPSA) is 35.0 Å². The van der Waals surface area contributed by atoms with Crippen LogP contribution in [0.1, 0.15) is 5.56 Å². The van der Waals surface area contributed by atoms with Gasteiger partial charge in [0.15, 0.2) is 0 Å². The van der Waals surface area contributed by atoms with Gasteiger partial charge in [0.25, 0.3) is 0 Å². The zero-order valence-corrected chi connectivity index (χ0v) is 11.1. The molecule has 0 radical (unpaired) electrons. The molecule has 2 rings (SSSR count). The van der Waals surface area contributed by atoms with Gasteiger partial charge in [-0.3, -0.25) is 0 Å². The van der Waals surface area contributed by atoms with E-state index in [-0.39, 0.29) is 11.1 Å². The summed E-state index contributed by atoms with van der Waals surface area (Å²) in [6, 6.07) is 4.15. The van der Waals surface area contributed by atoms with E-state index in [1.165, 1.54) is 18.3 Å². The van der Waals surface area contributed by atoms with Gasteiger partial charge in [-0.15, -0.1) is 0 Å². The maximum absolute atomic E-state index is 13.1. The predicted octanol–water partition coefficient (Wildman–Crippen LogP) is 4.13. The minimum atomic E-state index is -0.388. The normalized spacial score (nSPS) is 10.4. The van der Waals surface area contributed by atoms with E-state index in [2.05, 4.69) is 25.9 Å². The molecule has 0 aliphatic rings. The van der Waals surface area contributed by atoms with Crippen LogP contribution in [0.2, 0.25) is 5.28 Å². The van der Waals surface area contributed by atoms with Gasteiger partial charge in [-0.1, -0.05) is 0 Å². The Morgan fingerprint density at radius 2 is 2.18 bits per heavy atom. The Labute approximate surface area is 111 Å². The molecule has 1 aromatic heterocycles. The maximum atomic E-state index is 13.1. The molecule has 1 heterocycles. The van der Waals surface area contributed by atoms with E-state index in [9.17, 15) is 4.39 Å². The van der Waals surface area contributed by atoms with E-state index < -0.39 is 0 Å². The minimum absolute atomic E-state index is 0.0816. The van der Waals surface area contributed by atoms with Gasteiger partial charge in [0.05, 0.1) is 4.47 Å². The number of halogens is 3. The first kappa shape index (κ1) is 12.3. The molecule has 0 spiro atoms. The second-order valence-electron chi connectivity index (χ2n) is 3.30. The van der Waals surface area contributed by atoms with Gasteiger partial charge in [0.1, 0.15) is 11.6 Å². The molecule has 2 aromatic rings. The Morgan fingerprint density at radius 1 is 1.41 bits per heavy atom. The third kappa shape index (κ3) is 2.92. The number of ether oxygens (including phenoxy) is 1. The predicted molar refractivity (Wildman–Crippen MR) is 66.0 cm³/mol. The molecule has 0 atom stereocenters. The third-order valence-corrected chi connectivity index (χ3v) is 2.83. The van der Waals surface area contributed by atoms with Crippen molar-refractivity contribution in [1.29, 1.82) is 0 Å². The number of benzene rings is 1. The highest BCUT2D eigenvalue weighted by molar-refractivity contribution is 9.10. The second-order valence-corrected chi connectivity index (χ2v) is 4.50. The molecular weight excluding hydrogens is 310 g/mol. The van der Waals surface area contributed by atoms with Crippen LogP contribution in [-0.2, 0) is 0 Å². The van der Waals surface area contributed by atoms with Crippen LogP contribution in [0.3, 0.4) is 0 Å². The largest absolute Gasteiger partial charge is 0.437 e. The van der Waals surface area contributed by atoms with Crippen molar-refractivity contribution in [2.75, 3.05) is 0 Å². The Kier molecular flexibility index (Phi) is 3.59. The highest BCUT2D eigenvalue weighted by atomic mass is 79.9. The molecule has 0 unspecified atom stereocenters. The van der Waals surface area contributed by atoms with Crippen LogP contribution in [0.5, 0.6) is 11.6 Å². The number of rotatable bonds is 2. The van der Waals surface area contributed by atoms with E-state index >= 15 is 0 Å². The smallest absolute Gasteiger partial charge is 0.226 e. The van der Waals surface area contributed by atoms with Crippen molar-refractivity contribution in [1.82, 2.24) is 9.97 Å². The molecule has 0 bridgehead atoms. The highest BCUT2D eigenvalue weighted by Crippen LogP contribution is 2.30. The van der Waals surface area contributed by atoms with Crippen LogP contribution in [0.25, 0.3) is 0 Å². The molecule has 0 saturated heterocycles. The number of aromatic nitrogens is 2. The number of hydrogen-bond donors (Lipinski definition) is 0. The van der Waals surface area contributed by atoms with Crippen LogP contribution in [-0.4, -0.2) is 9.97 Å². The zero-order chi connectivity index (χ0) is 12.4. The summed E-state index contributed by atoms with van der Waals surface area (Å²) < 4.78 is 19.2. The molecule has 1 aromatic carbocycles. The zero-order valence-electron chi connectivity index (χ0n) is 8.75. The third-order valence-electron chi connectivity index (χ3n) is 2.00. The summed E-state index contributed by atoms with van der Waals surface area (Å²) in [4.78, 5) is 7.74. The van der Waals surface area contributed by atoms with Crippen LogP contribution >= 0.6 is 27.5 Å². The fourth-order valence-electron chi connectivity index (χ4n) is 1.17. The average molecular weight is 318 g/mol. The Hall–Kier alpha value is -1.20. The highest BCUT2D eigenvalue weighted by Gasteiger charge is 2.09. The molecule has 6 heteroatoms. The van der Waals surface area contributed by atoms with Gasteiger partial charge < -0.3 is 4.74 Å². The van der Waals surface area contributed by atoms with Gasteiger partial charge in [-0.2, -0.15) is 4.98 Å². The van der Waals surface area contributed by atoms with Crippen LogP contribution in [0.15, 0.2) is 28.9 Å². The van der Waals surface area contributed by atoms with Crippen LogP contribution in [0.4, 0.5) is 4.39 Å². The van der Waals surface area contributed by atoms with E-state index in [1.807, 2.05) is 0 Å². The lowest BCUT2D eigenvalue weighted by Gasteiger charge is -2.08. The SMILES string of the molecule is Cc1cnc(Cl)nc1Oc1cc(F)ccc1Br. The van der Waals surface area contributed by atoms with Crippen molar-refractivity contribution in [3.8, 4) is 11.6 Å². The number of aryl methyl sites for hydroxylation is 1. The molecule has 17 heavy (non-hydrogen) atoms. The molecule has 88 valence electrons. The maximum Gasteiger partial charge on any atom is 0.226 e. The summed E-state index contributed by atoms with van der Waals surface area (Å²) in [5.74, 6) is 0.250. The lowest BCUT2D eigenvalue weighted by Crippen LogP contribution is -1.94.